The van der Waals surface area contributed by atoms with Crippen LogP contribution in [0.15, 0.2) is 4.47 Å². The number of thioether (sulfide) groups is 1. The third-order valence-corrected chi connectivity index (χ3v) is 3.28. The molecule has 0 fully saturated rings. The van der Waals surface area contributed by atoms with E-state index in [0.29, 0.717) is 11.8 Å². The fourth-order valence-electron chi connectivity index (χ4n) is 0.807. The summed E-state index contributed by atoms with van der Waals surface area (Å²) in [5.41, 5.74) is 4.82. The lowest BCUT2D eigenvalue weighted by Gasteiger charge is -2.06. The molecule has 0 spiro atoms. The van der Waals surface area contributed by atoms with Crippen molar-refractivity contribution in [2.45, 2.75) is 0 Å². The molecule has 1 aromatic rings. The van der Waals surface area contributed by atoms with Crippen molar-refractivity contribution in [1.82, 2.24) is 4.98 Å². The SMILES string of the molecule is N=C(N)SC(=O)c1c(Cl)nc(Cl)c(F)c1Br. The van der Waals surface area contributed by atoms with Gasteiger partial charge >= 0.3 is 0 Å². The monoisotopic (exact) mass is 345 g/mol. The van der Waals surface area contributed by atoms with Crippen LogP contribution in [-0.4, -0.2) is 15.3 Å². The molecule has 0 atom stereocenters. The molecule has 0 radical (unpaired) electrons. The Morgan fingerprint density at radius 3 is 2.56 bits per heavy atom. The quantitative estimate of drug-likeness (QED) is 0.465. The maximum absolute atomic E-state index is 13.3. The van der Waals surface area contributed by atoms with Crippen molar-refractivity contribution in [2.24, 2.45) is 5.73 Å². The van der Waals surface area contributed by atoms with Crippen molar-refractivity contribution in [1.29, 1.82) is 5.41 Å². The van der Waals surface area contributed by atoms with Crippen LogP contribution in [0.2, 0.25) is 10.3 Å². The summed E-state index contributed by atoms with van der Waals surface area (Å²) in [6.45, 7) is 0. The zero-order chi connectivity index (χ0) is 12.5. The van der Waals surface area contributed by atoms with E-state index in [4.69, 9.17) is 34.3 Å². The van der Waals surface area contributed by atoms with Crippen molar-refractivity contribution < 1.29 is 9.18 Å². The molecule has 0 aliphatic rings. The Balaban J connectivity index is 3.29. The number of rotatable bonds is 1. The Bertz CT molecular complexity index is 485. The molecule has 1 heterocycles. The highest BCUT2D eigenvalue weighted by Crippen LogP contribution is 2.32. The van der Waals surface area contributed by atoms with Crippen molar-refractivity contribution in [2.75, 3.05) is 0 Å². The topological polar surface area (TPSA) is 79.8 Å². The number of aromatic nitrogens is 1. The standard InChI is InChI=1S/C7H3BrCl2FN3OS/c8-2-1(6(15)16-7(12)13)4(9)14-5(10)3(2)11/h(H3,12,13). The van der Waals surface area contributed by atoms with E-state index in [0.717, 1.165) is 0 Å². The molecular weight excluding hydrogens is 344 g/mol. The molecule has 16 heavy (non-hydrogen) atoms. The minimum atomic E-state index is -0.890. The van der Waals surface area contributed by atoms with Gasteiger partial charge in [0.2, 0.25) is 5.12 Å². The van der Waals surface area contributed by atoms with E-state index in [1.54, 1.807) is 0 Å². The number of hydrogen-bond acceptors (Lipinski definition) is 4. The molecule has 3 N–H and O–H groups in total. The normalized spacial score (nSPS) is 10.2. The lowest BCUT2D eigenvalue weighted by atomic mass is 10.3. The van der Waals surface area contributed by atoms with Crippen LogP contribution in [0.1, 0.15) is 10.4 Å². The number of halogens is 4. The molecule has 1 rings (SSSR count). The lowest BCUT2D eigenvalue weighted by molar-refractivity contribution is 0.108. The summed E-state index contributed by atoms with van der Waals surface area (Å²) in [5.74, 6) is -0.890. The molecule has 0 aliphatic heterocycles. The summed E-state index contributed by atoms with van der Waals surface area (Å²) in [7, 11) is 0. The number of nitrogens with one attached hydrogen (secondary N) is 1. The summed E-state index contributed by atoms with van der Waals surface area (Å²) in [5, 5.41) is 5.12. The minimum Gasteiger partial charge on any atom is -0.378 e. The molecular formula is C7H3BrCl2FN3OS. The zero-order valence-corrected chi connectivity index (χ0v) is 11.3. The van der Waals surface area contributed by atoms with Crippen molar-refractivity contribution in [3.63, 3.8) is 0 Å². The Hall–Kier alpha value is -0.370. The first-order chi connectivity index (χ1) is 7.34. The second-order valence-corrected chi connectivity index (χ2v) is 4.97. The van der Waals surface area contributed by atoms with Gasteiger partial charge in [-0.3, -0.25) is 10.2 Å². The van der Waals surface area contributed by atoms with Crippen LogP contribution < -0.4 is 5.73 Å². The molecule has 0 unspecified atom stereocenters. The molecule has 0 saturated carbocycles. The summed E-state index contributed by atoms with van der Waals surface area (Å²) in [6, 6.07) is 0. The zero-order valence-electron chi connectivity index (χ0n) is 7.35. The Labute approximate surface area is 112 Å². The van der Waals surface area contributed by atoms with E-state index in [1.807, 2.05) is 0 Å². The van der Waals surface area contributed by atoms with Gasteiger partial charge in [-0.15, -0.1) is 0 Å². The van der Waals surface area contributed by atoms with Gasteiger partial charge in [0.25, 0.3) is 0 Å². The van der Waals surface area contributed by atoms with Gasteiger partial charge in [-0.2, -0.15) is 0 Å². The van der Waals surface area contributed by atoms with Gasteiger partial charge in [-0.1, -0.05) is 23.2 Å². The second-order valence-electron chi connectivity index (χ2n) is 2.45. The molecule has 1 aromatic heterocycles. The molecule has 0 bridgehead atoms. The van der Waals surface area contributed by atoms with E-state index < -0.39 is 21.3 Å². The second kappa shape index (κ2) is 5.31. The first-order valence-corrected chi connectivity index (χ1v) is 5.97. The number of nitrogens with two attached hydrogens (primary N) is 1. The van der Waals surface area contributed by atoms with E-state index in [9.17, 15) is 9.18 Å². The third-order valence-electron chi connectivity index (χ3n) is 1.40. The molecule has 0 aliphatic carbocycles. The summed E-state index contributed by atoms with van der Waals surface area (Å²) in [4.78, 5) is 15.0. The van der Waals surface area contributed by atoms with Crippen LogP contribution in [0, 0.1) is 11.2 Å². The van der Waals surface area contributed by atoms with Gasteiger partial charge in [0.05, 0.1) is 10.0 Å². The van der Waals surface area contributed by atoms with Gasteiger partial charge in [0.1, 0.15) is 5.15 Å². The Kier molecular flexibility index (Phi) is 4.54. The number of carbonyl (C=O) groups is 1. The molecule has 86 valence electrons. The molecule has 0 aromatic carbocycles. The summed E-state index contributed by atoms with van der Waals surface area (Å²) < 4.78 is 13.1. The molecule has 0 saturated heterocycles. The number of hydrogen-bond donors (Lipinski definition) is 2. The number of carbonyl (C=O) groups excluding carboxylic acids is 1. The average molecular weight is 347 g/mol. The predicted octanol–water partition coefficient (Wildman–Crippen LogP) is 3.06. The average Bonchev–Trinajstić information content (AvgIpc) is 2.13. The summed E-state index contributed by atoms with van der Waals surface area (Å²) >= 11 is 14.3. The first kappa shape index (κ1) is 13.7. The lowest BCUT2D eigenvalue weighted by Crippen LogP contribution is -2.10. The van der Waals surface area contributed by atoms with E-state index in [-0.39, 0.29) is 15.2 Å². The van der Waals surface area contributed by atoms with Crippen LogP contribution in [0.4, 0.5) is 4.39 Å². The maximum atomic E-state index is 13.3. The number of nitrogens with zero attached hydrogens (tertiary/aromatic N) is 1. The van der Waals surface area contributed by atoms with Crippen LogP contribution in [0.5, 0.6) is 0 Å². The third kappa shape index (κ3) is 2.85. The fourth-order valence-corrected chi connectivity index (χ4v) is 2.77. The Morgan fingerprint density at radius 1 is 1.50 bits per heavy atom. The number of pyridine rings is 1. The highest BCUT2D eigenvalue weighted by Gasteiger charge is 2.22. The van der Waals surface area contributed by atoms with Gasteiger partial charge in [-0.05, 0) is 27.7 Å². The smallest absolute Gasteiger partial charge is 0.231 e. The van der Waals surface area contributed by atoms with Crippen molar-refractivity contribution >= 4 is 61.2 Å². The van der Waals surface area contributed by atoms with E-state index in [2.05, 4.69) is 20.9 Å². The van der Waals surface area contributed by atoms with Crippen LogP contribution in [0.25, 0.3) is 0 Å². The van der Waals surface area contributed by atoms with Gasteiger partial charge < -0.3 is 5.73 Å². The predicted molar refractivity (Wildman–Crippen MR) is 65.8 cm³/mol. The van der Waals surface area contributed by atoms with E-state index >= 15 is 0 Å². The van der Waals surface area contributed by atoms with Gasteiger partial charge in [0, 0.05) is 0 Å². The Morgan fingerprint density at radius 2 is 2.06 bits per heavy atom. The summed E-state index contributed by atoms with van der Waals surface area (Å²) in [6.07, 6.45) is 0. The largest absolute Gasteiger partial charge is 0.378 e. The highest BCUT2D eigenvalue weighted by molar-refractivity contribution is 9.10. The van der Waals surface area contributed by atoms with Gasteiger partial charge in [-0.25, -0.2) is 9.37 Å². The molecule has 4 nitrogen and oxygen atoms in total. The first-order valence-electron chi connectivity index (χ1n) is 3.60. The maximum Gasteiger partial charge on any atom is 0.231 e. The number of amidine groups is 1. The molecule has 0 amide bonds. The van der Waals surface area contributed by atoms with Crippen LogP contribution in [0.3, 0.4) is 0 Å². The van der Waals surface area contributed by atoms with Gasteiger partial charge in [0.15, 0.2) is 16.1 Å². The van der Waals surface area contributed by atoms with Crippen LogP contribution >= 0.6 is 50.9 Å². The van der Waals surface area contributed by atoms with Crippen molar-refractivity contribution in [3.05, 3.63) is 26.2 Å². The van der Waals surface area contributed by atoms with E-state index in [1.165, 1.54) is 0 Å². The molecule has 9 heteroatoms. The van der Waals surface area contributed by atoms with Crippen molar-refractivity contribution in [3.8, 4) is 0 Å². The van der Waals surface area contributed by atoms with Crippen LogP contribution in [-0.2, 0) is 0 Å². The minimum absolute atomic E-state index is 0.198. The fraction of sp³-hybridized carbons (Fsp3) is 0. The highest BCUT2D eigenvalue weighted by atomic mass is 79.9.